The highest BCUT2D eigenvalue weighted by atomic mass is 32.2. The van der Waals surface area contributed by atoms with E-state index in [0.717, 1.165) is 23.9 Å². The Morgan fingerprint density at radius 3 is 3.00 bits per heavy atom. The van der Waals surface area contributed by atoms with Gasteiger partial charge in [-0.05, 0) is 19.1 Å². The van der Waals surface area contributed by atoms with Crippen LogP contribution in [0.25, 0.3) is 0 Å². The summed E-state index contributed by atoms with van der Waals surface area (Å²) in [5, 5.41) is 9.79. The fourth-order valence-electron chi connectivity index (χ4n) is 1.45. The van der Waals surface area contributed by atoms with E-state index in [9.17, 15) is 5.11 Å². The van der Waals surface area contributed by atoms with Gasteiger partial charge in [-0.15, -0.1) is 0 Å². The van der Waals surface area contributed by atoms with Crippen molar-refractivity contribution in [3.05, 3.63) is 18.2 Å². The second kappa shape index (κ2) is 6.90. The van der Waals surface area contributed by atoms with Crippen LogP contribution in [-0.4, -0.2) is 32.3 Å². The number of imidazole rings is 1. The quantitative estimate of drug-likeness (QED) is 0.725. The van der Waals surface area contributed by atoms with Crippen LogP contribution in [0.5, 0.6) is 0 Å². The standard InChI is InChI=1S/C11H20N2OS/c1-3-7-15-9-10(14)8-11-12-5-6-13(11)4-2/h5-6,10,14H,3-4,7-9H2,1-2H3. The van der Waals surface area contributed by atoms with Gasteiger partial charge in [-0.3, -0.25) is 0 Å². The van der Waals surface area contributed by atoms with Crippen molar-refractivity contribution in [3.8, 4) is 0 Å². The fourth-order valence-corrected chi connectivity index (χ4v) is 2.30. The normalized spacial score (nSPS) is 13.0. The van der Waals surface area contributed by atoms with Gasteiger partial charge in [0.05, 0.1) is 6.10 Å². The first kappa shape index (κ1) is 12.6. The lowest BCUT2D eigenvalue weighted by Crippen LogP contribution is -2.17. The number of hydrogen-bond acceptors (Lipinski definition) is 3. The van der Waals surface area contributed by atoms with Crippen molar-refractivity contribution in [2.45, 2.75) is 39.3 Å². The van der Waals surface area contributed by atoms with Crippen LogP contribution in [0.3, 0.4) is 0 Å². The average Bonchev–Trinajstić information content (AvgIpc) is 2.65. The molecule has 1 heterocycles. The van der Waals surface area contributed by atoms with Crippen molar-refractivity contribution in [1.82, 2.24) is 9.55 Å². The van der Waals surface area contributed by atoms with Gasteiger partial charge in [0.15, 0.2) is 0 Å². The molecule has 1 N–H and O–H groups in total. The minimum absolute atomic E-state index is 0.269. The zero-order valence-corrected chi connectivity index (χ0v) is 10.3. The molecule has 0 spiro atoms. The molecule has 86 valence electrons. The second-order valence-electron chi connectivity index (χ2n) is 3.56. The molecule has 0 aromatic carbocycles. The van der Waals surface area contributed by atoms with Gasteiger partial charge < -0.3 is 9.67 Å². The maximum absolute atomic E-state index is 9.79. The minimum Gasteiger partial charge on any atom is -0.392 e. The number of aliphatic hydroxyl groups is 1. The molecule has 0 saturated heterocycles. The first-order chi connectivity index (χ1) is 7.27. The maximum Gasteiger partial charge on any atom is 0.111 e. The third-order valence-electron chi connectivity index (χ3n) is 2.22. The summed E-state index contributed by atoms with van der Waals surface area (Å²) in [5.41, 5.74) is 0. The monoisotopic (exact) mass is 228 g/mol. The molecule has 0 aliphatic heterocycles. The number of hydrogen-bond donors (Lipinski definition) is 1. The third kappa shape index (κ3) is 4.26. The Balaban J connectivity index is 2.33. The van der Waals surface area contributed by atoms with Crippen molar-refractivity contribution in [3.63, 3.8) is 0 Å². The van der Waals surface area contributed by atoms with E-state index in [-0.39, 0.29) is 6.10 Å². The molecule has 1 unspecified atom stereocenters. The van der Waals surface area contributed by atoms with E-state index in [1.165, 1.54) is 6.42 Å². The number of nitrogens with zero attached hydrogens (tertiary/aromatic N) is 2. The lowest BCUT2D eigenvalue weighted by Gasteiger charge is -2.10. The van der Waals surface area contributed by atoms with E-state index >= 15 is 0 Å². The molecule has 0 radical (unpaired) electrons. The number of aryl methyl sites for hydroxylation is 1. The van der Waals surface area contributed by atoms with Crippen LogP contribution in [0.4, 0.5) is 0 Å². The van der Waals surface area contributed by atoms with Gasteiger partial charge in [-0.25, -0.2) is 4.98 Å². The largest absolute Gasteiger partial charge is 0.392 e. The van der Waals surface area contributed by atoms with Gasteiger partial charge in [-0.2, -0.15) is 11.8 Å². The number of thioether (sulfide) groups is 1. The van der Waals surface area contributed by atoms with E-state index in [2.05, 4.69) is 23.4 Å². The molecule has 1 aromatic heterocycles. The third-order valence-corrected chi connectivity index (χ3v) is 3.54. The summed E-state index contributed by atoms with van der Waals surface area (Å²) in [6.07, 6.45) is 5.32. The molecule has 0 aliphatic carbocycles. The SMILES string of the molecule is CCCSCC(O)Cc1nccn1CC. The van der Waals surface area contributed by atoms with Gasteiger partial charge in [0.1, 0.15) is 5.82 Å². The molecule has 0 fully saturated rings. The molecule has 0 aliphatic rings. The van der Waals surface area contributed by atoms with Crippen molar-refractivity contribution < 1.29 is 5.11 Å². The maximum atomic E-state index is 9.79. The predicted octanol–water partition coefficient (Wildman–Crippen LogP) is 1.95. The van der Waals surface area contributed by atoms with Crippen molar-refractivity contribution >= 4 is 11.8 Å². The highest BCUT2D eigenvalue weighted by molar-refractivity contribution is 7.99. The first-order valence-electron chi connectivity index (χ1n) is 5.53. The predicted molar refractivity (Wildman–Crippen MR) is 65.2 cm³/mol. The summed E-state index contributed by atoms with van der Waals surface area (Å²) in [6.45, 7) is 5.16. The summed E-state index contributed by atoms with van der Waals surface area (Å²) >= 11 is 1.81. The van der Waals surface area contributed by atoms with E-state index in [4.69, 9.17) is 0 Å². The highest BCUT2D eigenvalue weighted by Crippen LogP contribution is 2.09. The van der Waals surface area contributed by atoms with Gasteiger partial charge >= 0.3 is 0 Å². The summed E-state index contributed by atoms with van der Waals surface area (Å²) in [7, 11) is 0. The fraction of sp³-hybridized carbons (Fsp3) is 0.727. The zero-order chi connectivity index (χ0) is 11.1. The topological polar surface area (TPSA) is 38.1 Å². The van der Waals surface area contributed by atoms with Crippen LogP contribution in [0.1, 0.15) is 26.1 Å². The van der Waals surface area contributed by atoms with Crippen LogP contribution in [-0.2, 0) is 13.0 Å². The summed E-state index contributed by atoms with van der Waals surface area (Å²) in [6, 6.07) is 0. The van der Waals surface area contributed by atoms with E-state index in [1.807, 2.05) is 18.0 Å². The lowest BCUT2D eigenvalue weighted by molar-refractivity contribution is 0.196. The number of aliphatic hydroxyl groups excluding tert-OH is 1. The summed E-state index contributed by atoms with van der Waals surface area (Å²) in [5.74, 6) is 2.92. The molecule has 0 bridgehead atoms. The van der Waals surface area contributed by atoms with Crippen LogP contribution >= 0.6 is 11.8 Å². The second-order valence-corrected chi connectivity index (χ2v) is 4.71. The molecule has 0 saturated carbocycles. The number of rotatable bonds is 7. The molecular weight excluding hydrogens is 208 g/mol. The first-order valence-corrected chi connectivity index (χ1v) is 6.69. The van der Waals surface area contributed by atoms with Crippen LogP contribution in [0, 0.1) is 0 Å². The van der Waals surface area contributed by atoms with Gasteiger partial charge in [0.25, 0.3) is 0 Å². The Hall–Kier alpha value is -0.480. The molecule has 1 rings (SSSR count). The molecular formula is C11H20N2OS. The summed E-state index contributed by atoms with van der Waals surface area (Å²) in [4.78, 5) is 4.25. The van der Waals surface area contributed by atoms with Crippen LogP contribution < -0.4 is 0 Å². The van der Waals surface area contributed by atoms with Crippen LogP contribution in [0.2, 0.25) is 0 Å². The van der Waals surface area contributed by atoms with E-state index < -0.39 is 0 Å². The molecule has 4 heteroatoms. The molecule has 1 atom stereocenters. The highest BCUT2D eigenvalue weighted by Gasteiger charge is 2.09. The van der Waals surface area contributed by atoms with Crippen molar-refractivity contribution in [1.29, 1.82) is 0 Å². The zero-order valence-electron chi connectivity index (χ0n) is 9.52. The van der Waals surface area contributed by atoms with E-state index in [0.29, 0.717) is 6.42 Å². The van der Waals surface area contributed by atoms with Crippen LogP contribution in [0.15, 0.2) is 12.4 Å². The van der Waals surface area contributed by atoms with Crippen molar-refractivity contribution in [2.75, 3.05) is 11.5 Å². The van der Waals surface area contributed by atoms with Crippen molar-refractivity contribution in [2.24, 2.45) is 0 Å². The summed E-state index contributed by atoms with van der Waals surface area (Å²) < 4.78 is 2.08. The Morgan fingerprint density at radius 1 is 1.53 bits per heavy atom. The Labute approximate surface area is 95.9 Å². The Morgan fingerprint density at radius 2 is 2.33 bits per heavy atom. The van der Waals surface area contributed by atoms with E-state index in [1.54, 1.807) is 6.20 Å². The average molecular weight is 228 g/mol. The minimum atomic E-state index is -0.269. The Bertz CT molecular complexity index is 275. The molecule has 1 aromatic rings. The number of aromatic nitrogens is 2. The molecule has 3 nitrogen and oxygen atoms in total. The molecule has 15 heavy (non-hydrogen) atoms. The Kier molecular flexibility index (Phi) is 5.79. The lowest BCUT2D eigenvalue weighted by atomic mass is 10.3. The molecule has 0 amide bonds. The smallest absolute Gasteiger partial charge is 0.111 e. The van der Waals surface area contributed by atoms with Gasteiger partial charge in [-0.1, -0.05) is 6.92 Å². The van der Waals surface area contributed by atoms with Gasteiger partial charge in [0.2, 0.25) is 0 Å². The van der Waals surface area contributed by atoms with Gasteiger partial charge in [0, 0.05) is 31.1 Å².